The second kappa shape index (κ2) is 6.98. The number of sulfonamides is 1. The van der Waals surface area contributed by atoms with Crippen LogP contribution >= 0.6 is 0 Å². The largest absolute Gasteiger partial charge is 0.341 e. The van der Waals surface area contributed by atoms with Crippen molar-refractivity contribution < 1.29 is 8.42 Å². The highest BCUT2D eigenvalue weighted by atomic mass is 32.2. The van der Waals surface area contributed by atoms with Gasteiger partial charge >= 0.3 is 0 Å². The van der Waals surface area contributed by atoms with E-state index in [-0.39, 0.29) is 4.90 Å². The first kappa shape index (κ1) is 16.4. The SMILES string of the molecule is CCC(NS(=O)(=O)c1ccccc1)c1ncc(-c2ccccc2)[nH]1. The Kier molecular flexibility index (Phi) is 4.78. The number of nitrogens with zero attached hydrogens (tertiary/aromatic N) is 1. The van der Waals surface area contributed by atoms with E-state index in [1.165, 1.54) is 0 Å². The summed E-state index contributed by atoms with van der Waals surface area (Å²) in [7, 11) is -3.59. The average molecular weight is 341 g/mol. The number of aromatic amines is 1. The Balaban J connectivity index is 1.84. The maximum absolute atomic E-state index is 12.5. The number of nitrogens with one attached hydrogen (secondary N) is 2. The quantitative estimate of drug-likeness (QED) is 0.720. The molecule has 2 aromatic carbocycles. The number of hydrogen-bond acceptors (Lipinski definition) is 3. The first-order chi connectivity index (χ1) is 11.6. The Morgan fingerprint density at radius 3 is 2.29 bits per heavy atom. The highest BCUT2D eigenvalue weighted by Crippen LogP contribution is 2.22. The molecule has 1 atom stereocenters. The first-order valence-electron chi connectivity index (χ1n) is 7.78. The molecule has 2 N–H and O–H groups in total. The average Bonchev–Trinajstić information content (AvgIpc) is 3.11. The predicted octanol–water partition coefficient (Wildman–Crippen LogP) is 3.51. The molecule has 5 nitrogen and oxygen atoms in total. The molecule has 6 heteroatoms. The van der Waals surface area contributed by atoms with Gasteiger partial charge in [-0.3, -0.25) is 0 Å². The lowest BCUT2D eigenvalue weighted by Crippen LogP contribution is -2.29. The van der Waals surface area contributed by atoms with E-state index in [2.05, 4.69) is 14.7 Å². The monoisotopic (exact) mass is 341 g/mol. The van der Waals surface area contributed by atoms with Crippen LogP contribution in [0.4, 0.5) is 0 Å². The molecule has 0 aliphatic heterocycles. The third-order valence-electron chi connectivity index (χ3n) is 3.77. The van der Waals surface area contributed by atoms with Gasteiger partial charge in [-0.25, -0.2) is 18.1 Å². The van der Waals surface area contributed by atoms with Crippen LogP contribution in [0.5, 0.6) is 0 Å². The molecule has 1 aromatic heterocycles. The lowest BCUT2D eigenvalue weighted by molar-refractivity contribution is 0.539. The van der Waals surface area contributed by atoms with Crippen molar-refractivity contribution >= 4 is 10.0 Å². The molecule has 0 fully saturated rings. The summed E-state index contributed by atoms with van der Waals surface area (Å²) in [6.45, 7) is 1.92. The van der Waals surface area contributed by atoms with Gasteiger partial charge in [0.2, 0.25) is 10.0 Å². The summed E-state index contributed by atoms with van der Waals surface area (Å²) in [6, 6.07) is 17.7. The number of hydrogen-bond donors (Lipinski definition) is 2. The molecule has 0 radical (unpaired) electrons. The number of benzene rings is 2. The van der Waals surface area contributed by atoms with Gasteiger partial charge in [0.25, 0.3) is 0 Å². The molecule has 0 amide bonds. The predicted molar refractivity (Wildman–Crippen MR) is 93.8 cm³/mol. The van der Waals surface area contributed by atoms with Crippen LogP contribution in [0.1, 0.15) is 25.2 Å². The highest BCUT2D eigenvalue weighted by molar-refractivity contribution is 7.89. The van der Waals surface area contributed by atoms with Crippen molar-refractivity contribution in [2.24, 2.45) is 0 Å². The molecular formula is C18H19N3O2S. The number of rotatable bonds is 6. The van der Waals surface area contributed by atoms with E-state index < -0.39 is 16.1 Å². The van der Waals surface area contributed by atoms with E-state index >= 15 is 0 Å². The number of H-pyrrole nitrogens is 1. The van der Waals surface area contributed by atoms with Gasteiger partial charge < -0.3 is 4.98 Å². The molecule has 3 aromatic rings. The van der Waals surface area contributed by atoms with Crippen LogP contribution in [0.25, 0.3) is 11.3 Å². The molecule has 3 rings (SSSR count). The second-order valence-electron chi connectivity index (χ2n) is 5.44. The van der Waals surface area contributed by atoms with E-state index in [1.54, 1.807) is 36.5 Å². The van der Waals surface area contributed by atoms with Gasteiger partial charge in [-0.05, 0) is 24.1 Å². The zero-order chi connectivity index (χ0) is 17.0. The molecule has 1 unspecified atom stereocenters. The molecule has 0 aliphatic carbocycles. The van der Waals surface area contributed by atoms with Crippen molar-refractivity contribution in [1.29, 1.82) is 0 Å². The minimum Gasteiger partial charge on any atom is -0.341 e. The van der Waals surface area contributed by atoms with Crippen molar-refractivity contribution in [1.82, 2.24) is 14.7 Å². The maximum Gasteiger partial charge on any atom is 0.241 e. The van der Waals surface area contributed by atoms with E-state index in [1.807, 2.05) is 37.3 Å². The first-order valence-corrected chi connectivity index (χ1v) is 9.26. The Morgan fingerprint density at radius 1 is 1.04 bits per heavy atom. The van der Waals surface area contributed by atoms with Crippen molar-refractivity contribution in [2.75, 3.05) is 0 Å². The molecule has 0 spiro atoms. The molecule has 0 saturated heterocycles. The molecule has 0 bridgehead atoms. The lowest BCUT2D eigenvalue weighted by atomic mass is 10.2. The van der Waals surface area contributed by atoms with E-state index in [0.717, 1.165) is 11.3 Å². The third kappa shape index (κ3) is 3.55. The summed E-state index contributed by atoms with van der Waals surface area (Å²) in [4.78, 5) is 7.82. The zero-order valence-electron chi connectivity index (χ0n) is 13.3. The van der Waals surface area contributed by atoms with Crippen molar-refractivity contribution in [2.45, 2.75) is 24.3 Å². The summed E-state index contributed by atoms with van der Waals surface area (Å²) < 4.78 is 27.7. The molecule has 1 heterocycles. The molecule has 124 valence electrons. The van der Waals surface area contributed by atoms with Crippen molar-refractivity contribution in [3.05, 3.63) is 72.7 Å². The van der Waals surface area contributed by atoms with Gasteiger partial charge in [0.15, 0.2) is 0 Å². The smallest absolute Gasteiger partial charge is 0.241 e. The number of aromatic nitrogens is 2. The standard InChI is InChI=1S/C18H19N3O2S/c1-2-16(21-24(22,23)15-11-7-4-8-12-15)18-19-13-17(20-18)14-9-5-3-6-10-14/h3-13,16,21H,2H2,1H3,(H,19,20). The molecule has 0 saturated carbocycles. The topological polar surface area (TPSA) is 74.8 Å². The second-order valence-corrected chi connectivity index (χ2v) is 7.16. The van der Waals surface area contributed by atoms with Crippen LogP contribution < -0.4 is 4.72 Å². The van der Waals surface area contributed by atoms with Crippen LogP contribution in [0.2, 0.25) is 0 Å². The Labute approximate surface area is 141 Å². The van der Waals surface area contributed by atoms with E-state index in [9.17, 15) is 8.42 Å². The molecule has 24 heavy (non-hydrogen) atoms. The minimum atomic E-state index is -3.59. The zero-order valence-corrected chi connectivity index (χ0v) is 14.1. The van der Waals surface area contributed by atoms with Gasteiger partial charge in [0.05, 0.1) is 22.8 Å². The van der Waals surface area contributed by atoms with Gasteiger partial charge in [0, 0.05) is 0 Å². The third-order valence-corrected chi connectivity index (χ3v) is 5.26. The maximum atomic E-state index is 12.5. The summed E-state index contributed by atoms with van der Waals surface area (Å²) in [5.74, 6) is 0.607. The fourth-order valence-corrected chi connectivity index (χ4v) is 3.77. The Hall–Kier alpha value is -2.44. The van der Waals surface area contributed by atoms with Crippen LogP contribution in [-0.4, -0.2) is 18.4 Å². The van der Waals surface area contributed by atoms with Crippen LogP contribution in [0.15, 0.2) is 71.8 Å². The van der Waals surface area contributed by atoms with Crippen LogP contribution in [-0.2, 0) is 10.0 Å². The normalized spacial score (nSPS) is 12.9. The summed E-state index contributed by atoms with van der Waals surface area (Å²) in [5.41, 5.74) is 1.87. The lowest BCUT2D eigenvalue weighted by Gasteiger charge is -2.15. The van der Waals surface area contributed by atoms with Crippen LogP contribution in [0, 0.1) is 0 Å². The Bertz CT molecular complexity index is 890. The fraction of sp³-hybridized carbons (Fsp3) is 0.167. The number of imidazole rings is 1. The van der Waals surface area contributed by atoms with Gasteiger partial charge in [-0.2, -0.15) is 0 Å². The van der Waals surface area contributed by atoms with E-state index in [0.29, 0.717) is 12.2 Å². The van der Waals surface area contributed by atoms with E-state index in [4.69, 9.17) is 0 Å². The van der Waals surface area contributed by atoms with Gasteiger partial charge in [0.1, 0.15) is 5.82 Å². The minimum absolute atomic E-state index is 0.248. The van der Waals surface area contributed by atoms with Gasteiger partial charge in [-0.15, -0.1) is 0 Å². The molecule has 0 aliphatic rings. The molecular weight excluding hydrogens is 322 g/mol. The van der Waals surface area contributed by atoms with Crippen molar-refractivity contribution in [3.63, 3.8) is 0 Å². The fourth-order valence-electron chi connectivity index (χ4n) is 2.47. The van der Waals surface area contributed by atoms with Crippen LogP contribution in [0.3, 0.4) is 0 Å². The summed E-state index contributed by atoms with van der Waals surface area (Å²) in [5, 5.41) is 0. The van der Waals surface area contributed by atoms with Crippen molar-refractivity contribution in [3.8, 4) is 11.3 Å². The highest BCUT2D eigenvalue weighted by Gasteiger charge is 2.22. The summed E-state index contributed by atoms with van der Waals surface area (Å²) >= 11 is 0. The summed E-state index contributed by atoms with van der Waals surface area (Å²) in [6.07, 6.45) is 2.32. The Morgan fingerprint density at radius 2 is 1.67 bits per heavy atom. The van der Waals surface area contributed by atoms with Gasteiger partial charge in [-0.1, -0.05) is 55.5 Å².